The number of ketones is 2. The minimum absolute atomic E-state index is 0. The van der Waals surface area contributed by atoms with Crippen LogP contribution in [-0.4, -0.2) is 124 Å². The third-order valence-corrected chi connectivity index (χ3v) is 13.4. The first-order valence-electron chi connectivity index (χ1n) is 21.0. The average molecular weight is 1190 g/mol. The Morgan fingerprint density at radius 1 is 0.534 bits per heavy atom. The molecule has 0 aliphatic heterocycles. The fourth-order valence-electron chi connectivity index (χ4n) is 7.18. The van der Waals surface area contributed by atoms with Crippen LogP contribution in [0, 0.1) is 13.8 Å². The van der Waals surface area contributed by atoms with E-state index in [1.54, 1.807) is 111 Å². The molecule has 2 aliphatic carbocycles. The summed E-state index contributed by atoms with van der Waals surface area (Å²) in [6.07, 6.45) is 2.88. The van der Waals surface area contributed by atoms with Gasteiger partial charge in [0.05, 0.1) is 57.9 Å². The number of ether oxygens (including phenoxy) is 2. The fraction of sp³-hybridized carbons (Fsp3) is 0.0800. The number of hydrogen-bond donors (Lipinski definition) is 4. The quantitative estimate of drug-likeness (QED) is 0.0398. The van der Waals surface area contributed by atoms with Crippen LogP contribution >= 0.6 is 23.2 Å². The molecule has 4 N–H and O–H groups in total. The SMILES string of the molecule is COc1ccccc1NC(=O)C1=Cc2ccccc2/C(=N/Nc2cc(Cl)c(C)cc2S(=O)(=O)[O-])C1=O.COc1ccccc1NC(=O)C1=Cc2ccccc2/C(=N/Nc2cc(Cl)c(C)cc2S(=O)(=O)[O-])C1=O.[Ba+2]. The predicted octanol–water partition coefficient (Wildman–Crippen LogP) is 7.58. The van der Waals surface area contributed by atoms with Crippen molar-refractivity contribution in [1.82, 2.24) is 0 Å². The Balaban J connectivity index is 0.000000235. The third kappa shape index (κ3) is 12.9. The van der Waals surface area contributed by atoms with Gasteiger partial charge in [-0.15, -0.1) is 0 Å². The first kappa shape index (κ1) is 55.9. The molecular formula is C50H38BaCl2N6O12S2. The number of halogens is 2. The number of rotatable bonds is 12. The summed E-state index contributed by atoms with van der Waals surface area (Å²) in [5.41, 5.74) is 7.27. The number of hydrazone groups is 2. The number of carbonyl (C=O) groups excluding carboxylic acids is 4. The largest absolute Gasteiger partial charge is 2.00 e. The molecule has 0 atom stereocenters. The van der Waals surface area contributed by atoms with E-state index in [4.69, 9.17) is 32.7 Å². The minimum atomic E-state index is -4.88. The molecule has 0 saturated heterocycles. The Kier molecular flexibility index (Phi) is 18.1. The maximum absolute atomic E-state index is 13.4. The molecule has 6 aromatic rings. The number of para-hydroxylation sites is 4. The van der Waals surface area contributed by atoms with Gasteiger partial charge < -0.3 is 29.2 Å². The van der Waals surface area contributed by atoms with E-state index >= 15 is 0 Å². The summed E-state index contributed by atoms with van der Waals surface area (Å²) in [5, 5.41) is 13.9. The van der Waals surface area contributed by atoms with Crippen LogP contribution in [0.2, 0.25) is 10.0 Å². The summed E-state index contributed by atoms with van der Waals surface area (Å²) in [6, 6.07) is 31.7. The zero-order chi connectivity index (χ0) is 52.1. The first-order valence-corrected chi connectivity index (χ1v) is 24.6. The van der Waals surface area contributed by atoms with Crippen molar-refractivity contribution in [3.05, 3.63) is 176 Å². The molecule has 0 fully saturated rings. The van der Waals surface area contributed by atoms with Crippen molar-refractivity contribution in [3.8, 4) is 11.5 Å². The summed E-state index contributed by atoms with van der Waals surface area (Å²) in [5.74, 6) is -1.97. The normalized spacial score (nSPS) is 14.0. The van der Waals surface area contributed by atoms with Crippen LogP contribution in [0.5, 0.6) is 11.5 Å². The molecule has 0 unspecified atom stereocenters. The van der Waals surface area contributed by atoms with Gasteiger partial charge in [0.2, 0.25) is 11.6 Å². The van der Waals surface area contributed by atoms with Gasteiger partial charge in [-0.1, -0.05) is 96.0 Å². The molecule has 0 spiro atoms. The monoisotopic (exact) mass is 1190 g/mol. The molecule has 0 heterocycles. The standard InChI is InChI=1S/2C25H20ClN3O6S.Ba/c2*1-14-11-22(36(32,33)34)20(13-18(14)26)28-29-23-16-8-4-3-7-15(16)12-17(24(23)30)25(31)27-19-9-5-6-10-21(19)35-2;/h2*3-13,28H,1-2H3,(H,27,31)(H,32,33,34);/q;;+2/p-2/b2*29-23-;. The molecule has 2 aliphatic rings. The van der Waals surface area contributed by atoms with Gasteiger partial charge in [-0.05, 0) is 96.8 Å². The van der Waals surface area contributed by atoms with E-state index < -0.39 is 53.4 Å². The molecule has 6 aromatic carbocycles. The average Bonchev–Trinajstić information content (AvgIpc) is 3.34. The van der Waals surface area contributed by atoms with Crippen molar-refractivity contribution < 1.29 is 54.6 Å². The number of amides is 2. The fourth-order valence-corrected chi connectivity index (χ4v) is 8.90. The van der Waals surface area contributed by atoms with Gasteiger partial charge in [0, 0.05) is 21.2 Å². The molecule has 0 saturated carbocycles. The Morgan fingerprint density at radius 2 is 0.877 bits per heavy atom. The van der Waals surface area contributed by atoms with E-state index in [0.717, 1.165) is 12.1 Å². The number of benzene rings is 6. The van der Waals surface area contributed by atoms with E-state index in [1.807, 2.05) is 0 Å². The van der Waals surface area contributed by atoms with E-state index in [1.165, 1.54) is 38.5 Å². The maximum Gasteiger partial charge on any atom is 2.00 e. The van der Waals surface area contributed by atoms with Crippen LogP contribution in [0.3, 0.4) is 0 Å². The predicted molar refractivity (Wildman–Crippen MR) is 276 cm³/mol. The van der Waals surface area contributed by atoms with Gasteiger partial charge in [-0.25, -0.2) is 16.8 Å². The van der Waals surface area contributed by atoms with Crippen molar-refractivity contribution in [2.45, 2.75) is 23.6 Å². The summed E-state index contributed by atoms with van der Waals surface area (Å²) < 4.78 is 81.1. The number of hydrogen-bond acceptors (Lipinski definition) is 16. The third-order valence-electron chi connectivity index (χ3n) is 10.8. The Morgan fingerprint density at radius 3 is 1.23 bits per heavy atom. The number of carbonyl (C=O) groups is 4. The second-order valence-corrected chi connectivity index (χ2v) is 19.0. The van der Waals surface area contributed by atoms with Crippen LogP contribution in [0.1, 0.15) is 33.4 Å². The van der Waals surface area contributed by atoms with Crippen molar-refractivity contribution in [3.63, 3.8) is 0 Å². The number of anilines is 4. The second kappa shape index (κ2) is 23.6. The van der Waals surface area contributed by atoms with Crippen molar-refractivity contribution >= 4 is 162 Å². The number of fused-ring (bicyclic) bond motifs is 2. The number of nitrogens with one attached hydrogen (secondary N) is 4. The van der Waals surface area contributed by atoms with Crippen LogP contribution in [0.15, 0.2) is 152 Å². The molecule has 73 heavy (non-hydrogen) atoms. The van der Waals surface area contributed by atoms with Crippen molar-refractivity contribution in [2.75, 3.05) is 35.7 Å². The Hall–Kier alpha value is -6.41. The smallest absolute Gasteiger partial charge is 0.744 e. The number of nitrogens with zero attached hydrogens (tertiary/aromatic N) is 2. The van der Waals surface area contributed by atoms with E-state index in [-0.39, 0.29) is 92.9 Å². The topological polar surface area (TPSA) is 274 Å². The molecule has 8 rings (SSSR count). The van der Waals surface area contributed by atoms with E-state index in [2.05, 4.69) is 31.7 Å². The zero-order valence-electron chi connectivity index (χ0n) is 38.8. The minimum Gasteiger partial charge on any atom is -0.744 e. The Bertz CT molecular complexity index is 3370. The maximum atomic E-state index is 13.4. The van der Waals surface area contributed by atoms with Gasteiger partial charge in [-0.2, -0.15) is 10.2 Å². The number of methoxy groups -OCH3 is 2. The first-order chi connectivity index (χ1) is 34.2. The molecule has 2 amide bonds. The molecule has 0 radical (unpaired) electrons. The summed E-state index contributed by atoms with van der Waals surface area (Å²) in [7, 11) is -6.85. The van der Waals surface area contributed by atoms with Gasteiger partial charge >= 0.3 is 48.9 Å². The van der Waals surface area contributed by atoms with Crippen LogP contribution in [0.4, 0.5) is 22.7 Å². The van der Waals surface area contributed by atoms with E-state index in [9.17, 15) is 45.1 Å². The molecular weight excluding hydrogens is 1150 g/mol. The van der Waals surface area contributed by atoms with Gasteiger partial charge in [0.25, 0.3) is 11.8 Å². The van der Waals surface area contributed by atoms with Gasteiger partial charge in [0.15, 0.2) is 0 Å². The number of Topliss-reactive ketones (excluding diaryl/α,β-unsaturated/α-hetero) is 2. The second-order valence-electron chi connectivity index (χ2n) is 15.5. The van der Waals surface area contributed by atoms with Crippen LogP contribution in [-0.2, 0) is 39.4 Å². The molecule has 368 valence electrons. The summed E-state index contributed by atoms with van der Waals surface area (Å²) >= 11 is 12.2. The van der Waals surface area contributed by atoms with Crippen molar-refractivity contribution in [2.24, 2.45) is 10.2 Å². The Labute approximate surface area is 469 Å². The van der Waals surface area contributed by atoms with Crippen molar-refractivity contribution in [1.29, 1.82) is 0 Å². The van der Waals surface area contributed by atoms with Crippen LogP contribution in [0.25, 0.3) is 12.2 Å². The molecule has 0 bridgehead atoms. The molecule has 23 heteroatoms. The molecule has 0 aromatic heterocycles. The molecule has 18 nitrogen and oxygen atoms in total. The summed E-state index contributed by atoms with van der Waals surface area (Å²) in [6.45, 7) is 3.09. The van der Waals surface area contributed by atoms with E-state index in [0.29, 0.717) is 56.3 Å². The van der Waals surface area contributed by atoms with Gasteiger partial charge in [0.1, 0.15) is 43.2 Å². The number of aryl methyl sites for hydroxylation is 2. The van der Waals surface area contributed by atoms with Crippen LogP contribution < -0.4 is 31.0 Å². The summed E-state index contributed by atoms with van der Waals surface area (Å²) in [4.78, 5) is 51.7. The van der Waals surface area contributed by atoms with Gasteiger partial charge in [-0.3, -0.25) is 30.0 Å². The zero-order valence-corrected chi connectivity index (χ0v) is 46.4.